The third-order valence-corrected chi connectivity index (χ3v) is 4.00. The Balaban J connectivity index is 2.15. The molecular weight excluding hydrogens is 238 g/mol. The van der Waals surface area contributed by atoms with Crippen LogP contribution in [0.4, 0.5) is 0 Å². The van der Waals surface area contributed by atoms with Crippen molar-refractivity contribution in [3.8, 4) is 0 Å². The quantitative estimate of drug-likeness (QED) is 0.891. The third kappa shape index (κ3) is 2.49. The van der Waals surface area contributed by atoms with Gasteiger partial charge in [-0.15, -0.1) is 0 Å². The Morgan fingerprint density at radius 1 is 1.53 bits per heavy atom. The van der Waals surface area contributed by atoms with E-state index in [-0.39, 0.29) is 12.6 Å². The molecule has 4 nitrogen and oxygen atoms in total. The number of halogens is 1. The second-order valence-electron chi connectivity index (χ2n) is 4.63. The van der Waals surface area contributed by atoms with Crippen molar-refractivity contribution in [2.45, 2.75) is 38.8 Å². The fourth-order valence-electron chi connectivity index (χ4n) is 2.49. The number of rotatable bonds is 4. The van der Waals surface area contributed by atoms with Gasteiger partial charge in [0.05, 0.1) is 23.0 Å². The zero-order valence-corrected chi connectivity index (χ0v) is 11.2. The average Bonchev–Trinajstić information content (AvgIpc) is 2.88. The summed E-state index contributed by atoms with van der Waals surface area (Å²) >= 11 is 6.33. The predicted octanol–water partition coefficient (Wildman–Crippen LogP) is 1.59. The van der Waals surface area contributed by atoms with Gasteiger partial charge in [-0.1, -0.05) is 18.5 Å². The van der Waals surface area contributed by atoms with Crippen LogP contribution in [0.1, 0.15) is 31.2 Å². The normalized spacial score (nSPS) is 21.3. The lowest BCUT2D eigenvalue weighted by Crippen LogP contribution is -2.32. The van der Waals surface area contributed by atoms with Crippen LogP contribution in [0.2, 0.25) is 5.02 Å². The van der Waals surface area contributed by atoms with Gasteiger partial charge < -0.3 is 5.11 Å². The molecule has 0 spiro atoms. The Morgan fingerprint density at radius 3 is 2.88 bits per heavy atom. The maximum absolute atomic E-state index is 9.31. The molecule has 0 amide bonds. The van der Waals surface area contributed by atoms with Crippen LogP contribution in [0.5, 0.6) is 0 Å². The van der Waals surface area contributed by atoms with E-state index < -0.39 is 0 Å². The molecule has 96 valence electrons. The fourth-order valence-corrected chi connectivity index (χ4v) is 2.85. The van der Waals surface area contributed by atoms with E-state index >= 15 is 0 Å². The summed E-state index contributed by atoms with van der Waals surface area (Å²) in [5.41, 5.74) is 2.02. The Bertz CT molecular complexity index is 391. The van der Waals surface area contributed by atoms with Gasteiger partial charge in [-0.3, -0.25) is 9.58 Å². The lowest BCUT2D eigenvalue weighted by Gasteiger charge is -2.22. The zero-order valence-electron chi connectivity index (χ0n) is 10.5. The largest absolute Gasteiger partial charge is 0.395 e. The van der Waals surface area contributed by atoms with Gasteiger partial charge in [0.15, 0.2) is 0 Å². The molecule has 0 saturated carbocycles. The van der Waals surface area contributed by atoms with E-state index in [0.717, 1.165) is 48.8 Å². The van der Waals surface area contributed by atoms with Crippen LogP contribution in [-0.4, -0.2) is 39.0 Å². The summed E-state index contributed by atoms with van der Waals surface area (Å²) < 4.78 is 1.87. The van der Waals surface area contributed by atoms with Crippen LogP contribution >= 0.6 is 11.6 Å². The summed E-state index contributed by atoms with van der Waals surface area (Å²) in [5, 5.41) is 14.5. The summed E-state index contributed by atoms with van der Waals surface area (Å²) in [6, 6.07) is 0.283. The van der Waals surface area contributed by atoms with Crippen molar-refractivity contribution < 1.29 is 5.11 Å². The van der Waals surface area contributed by atoms with Gasteiger partial charge in [0.2, 0.25) is 0 Å². The average molecular weight is 258 g/mol. The molecule has 0 aliphatic carbocycles. The first-order chi connectivity index (χ1) is 8.17. The molecule has 5 heteroatoms. The van der Waals surface area contributed by atoms with Crippen molar-refractivity contribution >= 4 is 11.6 Å². The van der Waals surface area contributed by atoms with E-state index in [0.29, 0.717) is 0 Å². The summed E-state index contributed by atoms with van der Waals surface area (Å²) in [7, 11) is 1.93. The second kappa shape index (κ2) is 5.38. The molecule has 1 saturated heterocycles. The molecule has 0 radical (unpaired) electrons. The summed E-state index contributed by atoms with van der Waals surface area (Å²) in [4.78, 5) is 2.29. The predicted molar refractivity (Wildman–Crippen MR) is 68.1 cm³/mol. The number of aliphatic hydroxyl groups is 1. The molecule has 2 rings (SSSR count). The maximum atomic E-state index is 9.31. The van der Waals surface area contributed by atoms with Crippen molar-refractivity contribution in [3.05, 3.63) is 16.4 Å². The zero-order chi connectivity index (χ0) is 12.4. The van der Waals surface area contributed by atoms with Gasteiger partial charge in [-0.2, -0.15) is 5.10 Å². The summed E-state index contributed by atoms with van der Waals surface area (Å²) in [6.07, 6.45) is 3.09. The first kappa shape index (κ1) is 12.9. The van der Waals surface area contributed by atoms with E-state index in [9.17, 15) is 5.11 Å². The van der Waals surface area contributed by atoms with Gasteiger partial charge >= 0.3 is 0 Å². The Hall–Kier alpha value is -0.580. The second-order valence-corrected chi connectivity index (χ2v) is 5.01. The fraction of sp³-hybridized carbons (Fsp3) is 0.750. The molecule has 17 heavy (non-hydrogen) atoms. The van der Waals surface area contributed by atoms with Crippen LogP contribution in [0, 0.1) is 0 Å². The minimum atomic E-state index is 0.232. The van der Waals surface area contributed by atoms with E-state index in [1.807, 2.05) is 11.7 Å². The Morgan fingerprint density at radius 2 is 2.29 bits per heavy atom. The molecule has 1 unspecified atom stereocenters. The molecule has 1 aliphatic rings. The maximum Gasteiger partial charge on any atom is 0.0863 e. The highest BCUT2D eigenvalue weighted by molar-refractivity contribution is 6.31. The van der Waals surface area contributed by atoms with Gasteiger partial charge in [0, 0.05) is 19.6 Å². The molecule has 0 aromatic carbocycles. The van der Waals surface area contributed by atoms with Gasteiger partial charge in [-0.25, -0.2) is 0 Å². The number of aliphatic hydroxyl groups excluding tert-OH is 1. The van der Waals surface area contributed by atoms with Gasteiger partial charge in [0.1, 0.15) is 0 Å². The molecule has 1 fully saturated rings. The van der Waals surface area contributed by atoms with E-state index in [1.165, 1.54) is 0 Å². The van der Waals surface area contributed by atoms with E-state index in [4.69, 9.17) is 11.6 Å². The van der Waals surface area contributed by atoms with Gasteiger partial charge in [-0.05, 0) is 25.8 Å². The SMILES string of the molecule is CCc1nn(C)c(CN2CCCC2CO)c1Cl. The minimum absolute atomic E-state index is 0.232. The number of hydrogen-bond acceptors (Lipinski definition) is 3. The first-order valence-electron chi connectivity index (χ1n) is 6.22. The molecule has 0 bridgehead atoms. The number of nitrogens with zero attached hydrogens (tertiary/aromatic N) is 3. The van der Waals surface area contributed by atoms with Crippen LogP contribution < -0.4 is 0 Å². The van der Waals surface area contributed by atoms with Crippen LogP contribution in [-0.2, 0) is 20.0 Å². The van der Waals surface area contributed by atoms with Gasteiger partial charge in [0.25, 0.3) is 0 Å². The number of hydrogen-bond donors (Lipinski definition) is 1. The van der Waals surface area contributed by atoms with Crippen LogP contribution in [0.3, 0.4) is 0 Å². The topological polar surface area (TPSA) is 41.3 Å². The van der Waals surface area contributed by atoms with Crippen molar-refractivity contribution in [2.24, 2.45) is 7.05 Å². The Kier molecular flexibility index (Phi) is 4.07. The number of aryl methyl sites for hydroxylation is 2. The van der Waals surface area contributed by atoms with Crippen molar-refractivity contribution in [1.82, 2.24) is 14.7 Å². The highest BCUT2D eigenvalue weighted by atomic mass is 35.5. The summed E-state index contributed by atoms with van der Waals surface area (Å²) in [6.45, 7) is 4.11. The first-order valence-corrected chi connectivity index (χ1v) is 6.60. The molecule has 1 N–H and O–H groups in total. The Labute approximate surface area is 107 Å². The monoisotopic (exact) mass is 257 g/mol. The molecular formula is C12H20ClN3O. The standard InChI is InChI=1S/C12H20ClN3O/c1-3-10-12(13)11(15(2)14-10)7-16-6-4-5-9(16)8-17/h9,17H,3-8H2,1-2H3. The lowest BCUT2D eigenvalue weighted by molar-refractivity contribution is 0.151. The van der Waals surface area contributed by atoms with E-state index in [2.05, 4.69) is 16.9 Å². The minimum Gasteiger partial charge on any atom is -0.395 e. The van der Waals surface area contributed by atoms with Crippen molar-refractivity contribution in [1.29, 1.82) is 0 Å². The van der Waals surface area contributed by atoms with Crippen LogP contribution in [0.25, 0.3) is 0 Å². The molecule has 1 aliphatic heterocycles. The highest BCUT2D eigenvalue weighted by Gasteiger charge is 2.26. The number of aromatic nitrogens is 2. The molecule has 1 aromatic heterocycles. The van der Waals surface area contributed by atoms with Crippen molar-refractivity contribution in [3.63, 3.8) is 0 Å². The highest BCUT2D eigenvalue weighted by Crippen LogP contribution is 2.25. The molecule has 2 heterocycles. The lowest BCUT2D eigenvalue weighted by atomic mass is 10.2. The van der Waals surface area contributed by atoms with Crippen molar-refractivity contribution in [2.75, 3.05) is 13.2 Å². The summed E-state index contributed by atoms with van der Waals surface area (Å²) in [5.74, 6) is 0. The van der Waals surface area contributed by atoms with E-state index in [1.54, 1.807) is 0 Å². The smallest absolute Gasteiger partial charge is 0.0863 e. The third-order valence-electron chi connectivity index (χ3n) is 3.57. The number of likely N-dealkylation sites (tertiary alicyclic amines) is 1. The molecule has 1 aromatic rings. The van der Waals surface area contributed by atoms with Crippen LogP contribution in [0.15, 0.2) is 0 Å². The molecule has 1 atom stereocenters.